The molecule has 2 aromatic rings. The first kappa shape index (κ1) is 34.7. The number of ether oxygens (including phenoxy) is 6. The minimum Gasteiger partial charge on any atom is -0.571 e. The average molecular weight is 686 g/mol. The first-order valence-electron chi connectivity index (χ1n) is 14.2. The lowest BCUT2D eigenvalue weighted by Crippen LogP contribution is -2.63. The molecule has 3 aliphatic rings. The van der Waals surface area contributed by atoms with Crippen molar-refractivity contribution >= 4 is 18.0 Å². The number of carbonyl (C=O) groups excluding carboxylic acids is 1. The van der Waals surface area contributed by atoms with Crippen LogP contribution in [0, 0.1) is 0 Å². The van der Waals surface area contributed by atoms with Gasteiger partial charge in [0, 0.05) is 12.1 Å². The van der Waals surface area contributed by atoms with E-state index in [0.717, 1.165) is 18.2 Å². The van der Waals surface area contributed by atoms with Gasteiger partial charge in [-0.3, -0.25) is 9.59 Å². The van der Waals surface area contributed by atoms with Gasteiger partial charge in [-0.2, -0.15) is 0 Å². The van der Waals surface area contributed by atoms with E-state index in [0.29, 0.717) is 0 Å². The molecule has 3 aliphatic heterocycles. The maximum absolute atomic E-state index is 11.9. The van der Waals surface area contributed by atoms with Crippen LogP contribution in [0.1, 0.15) is 23.7 Å². The molecule has 0 radical (unpaired) electrons. The quantitative estimate of drug-likeness (QED) is 0.0580. The molecule has 10 atom stereocenters. The Hall–Kier alpha value is -4.60. The molecule has 0 spiro atoms. The zero-order valence-corrected chi connectivity index (χ0v) is 24.5. The molecule has 2 aromatic carbocycles. The number of benzene rings is 2. The molecule has 3 heterocycles. The summed E-state index contributed by atoms with van der Waals surface area (Å²) in [7, 11) is 0. The number of aliphatic hydroxyl groups excluding tert-OH is 5. The van der Waals surface area contributed by atoms with Crippen molar-refractivity contribution in [2.75, 3.05) is 13.2 Å². The van der Waals surface area contributed by atoms with E-state index in [1.165, 1.54) is 12.1 Å². The van der Waals surface area contributed by atoms with Gasteiger partial charge in [-0.25, -0.2) is 0 Å². The molecule has 2 saturated heterocycles. The number of esters is 1. The van der Waals surface area contributed by atoms with Crippen LogP contribution in [0.5, 0.6) is 34.5 Å². The summed E-state index contributed by atoms with van der Waals surface area (Å²) in [5.74, 6) is -6.15. The Bertz CT molecular complexity index is 1540. The van der Waals surface area contributed by atoms with Gasteiger partial charge in [0.1, 0.15) is 66.7 Å². The van der Waals surface area contributed by atoms with E-state index in [1.54, 1.807) is 0 Å². The first-order valence-corrected chi connectivity index (χ1v) is 14.2. The van der Waals surface area contributed by atoms with Crippen LogP contribution < -0.4 is 0 Å². The summed E-state index contributed by atoms with van der Waals surface area (Å²) in [6.07, 6.45) is -17.1. The van der Waals surface area contributed by atoms with Crippen LogP contribution in [0.3, 0.4) is 0 Å². The maximum atomic E-state index is 11.9. The number of hydrogen-bond acceptors (Lipinski definition) is 17. The number of carboxylic acid groups (broad SMARTS) is 1. The second kappa shape index (κ2) is 13.9. The van der Waals surface area contributed by atoms with Crippen molar-refractivity contribution in [3.63, 3.8) is 0 Å². The van der Waals surface area contributed by atoms with Crippen molar-refractivity contribution in [2.24, 2.45) is 0 Å². The first-order chi connectivity index (χ1) is 22.6. The third kappa shape index (κ3) is 7.12. The van der Waals surface area contributed by atoms with Gasteiger partial charge in [0.15, 0.2) is 35.4 Å². The highest BCUT2D eigenvalue weighted by molar-refractivity contribution is 5.90. The summed E-state index contributed by atoms with van der Waals surface area (Å²) in [4.78, 5) is 22.8. The van der Waals surface area contributed by atoms with Gasteiger partial charge in [-0.05, 0) is 12.1 Å². The van der Waals surface area contributed by atoms with E-state index in [-0.39, 0.29) is 28.4 Å². The summed E-state index contributed by atoms with van der Waals surface area (Å²) >= 11 is 0. The zero-order valence-electron chi connectivity index (χ0n) is 24.5. The van der Waals surface area contributed by atoms with Gasteiger partial charge in [0.25, 0.3) is 11.9 Å². The number of carboxylic acids is 1. The van der Waals surface area contributed by atoms with Crippen LogP contribution in [0.25, 0.3) is 6.08 Å². The molecule has 19 heteroatoms. The van der Waals surface area contributed by atoms with Crippen molar-refractivity contribution in [1.82, 2.24) is 0 Å². The zero-order chi connectivity index (χ0) is 35.0. The number of aliphatic hydroxyl groups is 6. The second-order valence-corrected chi connectivity index (χ2v) is 11.1. The number of carbonyl (C=O) groups is 2. The van der Waals surface area contributed by atoms with Crippen molar-refractivity contribution < 1.29 is 94.2 Å². The number of aromatic hydroxyl groups is 6. The number of hydrogen-bond donors (Lipinski definition) is 11. The highest BCUT2D eigenvalue weighted by atomic mass is 16.8. The van der Waals surface area contributed by atoms with Crippen LogP contribution in [-0.2, 0) is 33.3 Å². The molecule has 48 heavy (non-hydrogen) atoms. The molecular weight excluding hydrogens is 652 g/mol. The Kier molecular flexibility index (Phi) is 10.0. The lowest BCUT2D eigenvalue weighted by Gasteiger charge is -2.45. The predicted octanol–water partition coefficient (Wildman–Crippen LogP) is -2.14. The Morgan fingerprint density at radius 3 is 2.21 bits per heavy atom. The van der Waals surface area contributed by atoms with Gasteiger partial charge in [0.05, 0.1) is 18.2 Å². The summed E-state index contributed by atoms with van der Waals surface area (Å²) in [5, 5.41) is 112. The molecule has 2 fully saturated rings. The maximum Gasteiger partial charge on any atom is 0.317 e. The topological polar surface area (TPSA) is 316 Å². The number of aliphatic carboxylic acids is 1. The normalized spacial score (nSPS) is 31.6. The molecule has 0 amide bonds. The number of rotatable bonds is 9. The van der Waals surface area contributed by atoms with Gasteiger partial charge in [0.2, 0.25) is 6.29 Å². The third-order valence-corrected chi connectivity index (χ3v) is 7.70. The van der Waals surface area contributed by atoms with E-state index in [1.807, 2.05) is 0 Å². The molecule has 262 valence electrons. The number of fused-ring (bicyclic) bond motifs is 1. The highest BCUT2D eigenvalue weighted by Gasteiger charge is 2.51. The van der Waals surface area contributed by atoms with Gasteiger partial charge in [-0.15, -0.1) is 0 Å². The minimum absolute atomic E-state index is 0.00225. The van der Waals surface area contributed by atoms with Gasteiger partial charge >= 0.3 is 11.9 Å². The fourth-order valence-electron chi connectivity index (χ4n) is 5.23. The average Bonchev–Trinajstić information content (AvgIpc) is 3.02. The SMILES string of the molecule is O=C(O)CC(=O)OC[C@H]1O[C@@H](OC2=Cc3c(O)cc(O)cc3[OH+]C2c2cc(O)c(O)c(O)c2)[C@@H](O[C@@H]2OC[C@@H](O)[C@@H](O)[C@H]2O)[C@H](O)[C@@H]1O. The van der Waals surface area contributed by atoms with Crippen LogP contribution in [-0.4, -0.2) is 141 Å². The van der Waals surface area contributed by atoms with E-state index in [4.69, 9.17) is 28.8 Å². The Morgan fingerprint density at radius 2 is 1.54 bits per heavy atom. The van der Waals surface area contributed by atoms with Gasteiger partial charge in [-0.1, -0.05) is 0 Å². The number of phenolic OH excluding ortho intramolecular Hbond substituents is 5. The van der Waals surface area contributed by atoms with Crippen LogP contribution in [0.4, 0.5) is 0 Å². The van der Waals surface area contributed by atoms with Crippen molar-refractivity contribution in [3.05, 3.63) is 41.2 Å². The van der Waals surface area contributed by atoms with Crippen LogP contribution in [0.2, 0.25) is 0 Å². The minimum atomic E-state index is -1.98. The van der Waals surface area contributed by atoms with Crippen LogP contribution in [0.15, 0.2) is 30.0 Å². The fraction of sp³-hybridized carbons (Fsp3) is 0.448. The van der Waals surface area contributed by atoms with Crippen molar-refractivity contribution in [2.45, 2.75) is 67.8 Å². The molecule has 0 aliphatic carbocycles. The molecule has 0 aromatic heterocycles. The largest absolute Gasteiger partial charge is 0.571 e. The lowest BCUT2D eigenvalue weighted by atomic mass is 9.97. The predicted molar refractivity (Wildman–Crippen MR) is 151 cm³/mol. The summed E-state index contributed by atoms with van der Waals surface area (Å²) < 4.78 is 32.1. The van der Waals surface area contributed by atoms with Crippen molar-refractivity contribution in [1.29, 1.82) is 0 Å². The fourth-order valence-corrected chi connectivity index (χ4v) is 5.23. The van der Waals surface area contributed by atoms with Crippen LogP contribution >= 0.6 is 0 Å². The van der Waals surface area contributed by atoms with Gasteiger partial charge < -0.3 is 84.6 Å². The summed E-state index contributed by atoms with van der Waals surface area (Å²) in [5.41, 5.74) is -0.0129. The standard InChI is InChI=1S/C29H32O19/c30-10-3-12(31)11-5-17(26(45-16(11)4-10)9-1-13(32)21(38)14(33)2-9)46-29-27(48-28-25(42)22(39)15(34)7-44-28)24(41)23(40)18(47-29)8-43-20(37)6-19(35)36/h1-5,15,18,22-34,38-42H,6-8H2,(H,35,36)/p+1/t15-,18-,22-,23-,24-,25-,26?,27+,28+,29-/m1/s1. The third-order valence-electron chi connectivity index (χ3n) is 7.70. The smallest absolute Gasteiger partial charge is 0.317 e. The van der Waals surface area contributed by atoms with E-state index in [2.05, 4.69) is 4.74 Å². The monoisotopic (exact) mass is 685 g/mol. The molecule has 5 rings (SSSR count). The molecule has 12 N–H and O–H groups in total. The summed E-state index contributed by atoms with van der Waals surface area (Å²) in [6.45, 7) is -1.30. The Labute approximate surface area is 269 Å². The lowest BCUT2D eigenvalue weighted by molar-refractivity contribution is -0.353. The molecule has 19 nitrogen and oxygen atoms in total. The second-order valence-electron chi connectivity index (χ2n) is 11.1. The molecule has 1 unspecified atom stereocenters. The molecule has 0 saturated carbocycles. The van der Waals surface area contributed by atoms with E-state index < -0.39 is 116 Å². The highest BCUT2D eigenvalue weighted by Crippen LogP contribution is 2.48. The van der Waals surface area contributed by atoms with E-state index >= 15 is 0 Å². The Balaban J connectivity index is 1.52. The van der Waals surface area contributed by atoms with Crippen molar-refractivity contribution in [3.8, 4) is 34.5 Å². The molecule has 0 bridgehead atoms. The van der Waals surface area contributed by atoms with E-state index in [9.17, 15) is 60.7 Å². The molecular formula is C29H33O19+. The number of phenols is 5. The Morgan fingerprint density at radius 1 is 0.854 bits per heavy atom. The summed E-state index contributed by atoms with van der Waals surface area (Å²) in [6, 6.07) is 4.22.